The van der Waals surface area contributed by atoms with Crippen molar-refractivity contribution in [1.29, 1.82) is 0 Å². The maximum Gasteiger partial charge on any atom is 0.293 e. The lowest BCUT2D eigenvalue weighted by Gasteiger charge is -2.32. The van der Waals surface area contributed by atoms with E-state index in [1.54, 1.807) is 12.1 Å². The van der Waals surface area contributed by atoms with Crippen LogP contribution in [0, 0.1) is 16.0 Å². The zero-order valence-electron chi connectivity index (χ0n) is 15.9. The van der Waals surface area contributed by atoms with Gasteiger partial charge in [-0.05, 0) is 25.2 Å². The molecule has 9 nitrogen and oxygen atoms in total. The maximum atomic E-state index is 11.7. The highest BCUT2D eigenvalue weighted by Gasteiger charge is 2.28. The Morgan fingerprint density at radius 1 is 1.43 bits per heavy atom. The van der Waals surface area contributed by atoms with Crippen molar-refractivity contribution >= 4 is 39.9 Å². The van der Waals surface area contributed by atoms with Gasteiger partial charge in [0.2, 0.25) is 5.91 Å². The number of anilines is 1. The number of hydrogen-bond acceptors (Lipinski definition) is 7. The van der Waals surface area contributed by atoms with Crippen LogP contribution in [0.2, 0.25) is 0 Å². The van der Waals surface area contributed by atoms with Gasteiger partial charge in [-0.15, -0.1) is 0 Å². The Hall–Kier alpha value is -2.62. The molecular formula is C18H24N6O3S. The lowest BCUT2D eigenvalue weighted by molar-refractivity contribution is -0.384. The summed E-state index contributed by atoms with van der Waals surface area (Å²) >= 11 is 1.42. The molecule has 2 aliphatic rings. The number of aliphatic imine (C=N–C) groups is 1. The van der Waals surface area contributed by atoms with E-state index in [1.165, 1.54) is 11.8 Å². The second kappa shape index (κ2) is 8.59. The molecule has 1 aromatic rings. The molecule has 0 aliphatic carbocycles. The Balaban J connectivity index is 1.81. The summed E-state index contributed by atoms with van der Waals surface area (Å²) in [5, 5.41) is 16.4. The predicted octanol–water partition coefficient (Wildman–Crippen LogP) is 2.10. The van der Waals surface area contributed by atoms with Gasteiger partial charge in [-0.25, -0.2) is 5.43 Å². The number of nitro groups is 1. The minimum Gasteiger partial charge on any atom is -0.379 e. The van der Waals surface area contributed by atoms with Gasteiger partial charge >= 0.3 is 0 Å². The molecule has 2 heterocycles. The number of benzene rings is 1. The van der Waals surface area contributed by atoms with Crippen LogP contribution in [0.5, 0.6) is 0 Å². The highest BCUT2D eigenvalue weighted by Crippen LogP contribution is 2.33. The fourth-order valence-electron chi connectivity index (χ4n) is 3.57. The van der Waals surface area contributed by atoms with E-state index in [0.29, 0.717) is 41.6 Å². The van der Waals surface area contributed by atoms with Crippen molar-refractivity contribution in [2.75, 3.05) is 24.2 Å². The van der Waals surface area contributed by atoms with Crippen molar-refractivity contribution < 1.29 is 9.72 Å². The van der Waals surface area contributed by atoms with E-state index in [1.807, 2.05) is 24.1 Å². The first-order valence-electron chi connectivity index (χ1n) is 9.16. The Kier molecular flexibility index (Phi) is 6.18. The first-order chi connectivity index (χ1) is 13.4. The van der Waals surface area contributed by atoms with Gasteiger partial charge < -0.3 is 10.6 Å². The number of nitrogens with two attached hydrogens (primary N) is 1. The summed E-state index contributed by atoms with van der Waals surface area (Å²) < 4.78 is 0. The summed E-state index contributed by atoms with van der Waals surface area (Å²) in [5.74, 6) is -0.232. The van der Waals surface area contributed by atoms with E-state index < -0.39 is 0 Å². The Labute approximate surface area is 167 Å². The van der Waals surface area contributed by atoms with Gasteiger partial charge in [-0.1, -0.05) is 24.8 Å². The van der Waals surface area contributed by atoms with Crippen molar-refractivity contribution in [1.82, 2.24) is 5.43 Å². The summed E-state index contributed by atoms with van der Waals surface area (Å²) in [6, 6.07) is 5.32. The van der Waals surface area contributed by atoms with E-state index in [0.717, 1.165) is 12.8 Å². The third-order valence-electron chi connectivity index (χ3n) is 5.05. The number of carbonyl (C=O) groups excluding carboxylic acids is 1. The molecule has 3 rings (SSSR count). The van der Waals surface area contributed by atoms with Gasteiger partial charge in [0, 0.05) is 37.1 Å². The highest BCUT2D eigenvalue weighted by molar-refractivity contribution is 8.13. The molecule has 2 aliphatic heterocycles. The van der Waals surface area contributed by atoms with Gasteiger partial charge in [-0.3, -0.25) is 19.9 Å². The molecule has 1 aromatic carbocycles. The largest absolute Gasteiger partial charge is 0.379 e. The zero-order valence-corrected chi connectivity index (χ0v) is 16.7. The molecule has 0 radical (unpaired) electrons. The number of amidine groups is 1. The quantitative estimate of drug-likeness (QED) is 0.342. The first kappa shape index (κ1) is 20.1. The Bertz CT molecular complexity index is 833. The van der Waals surface area contributed by atoms with Crippen LogP contribution in [-0.2, 0) is 4.79 Å². The second-order valence-electron chi connectivity index (χ2n) is 6.99. The third kappa shape index (κ3) is 4.44. The number of carbonyl (C=O) groups is 1. The summed E-state index contributed by atoms with van der Waals surface area (Å²) in [5.41, 5.74) is 10.2. The van der Waals surface area contributed by atoms with E-state index >= 15 is 0 Å². The number of hydrogen-bond donors (Lipinski definition) is 2. The third-order valence-corrected chi connectivity index (χ3v) is 5.58. The zero-order chi connectivity index (χ0) is 20.3. The fourth-order valence-corrected chi connectivity index (χ4v) is 3.82. The van der Waals surface area contributed by atoms with Gasteiger partial charge in [0.25, 0.3) is 5.69 Å². The number of nitrogens with one attached hydrogen (secondary N) is 1. The molecule has 28 heavy (non-hydrogen) atoms. The number of nitrogens with zero attached hydrogens (tertiary/aromatic N) is 4. The monoisotopic (exact) mass is 404 g/mol. The number of thioether (sulfide) groups is 1. The number of amides is 1. The topological polar surface area (TPSA) is 126 Å². The number of hydrazone groups is 1. The molecule has 1 amide bonds. The molecule has 150 valence electrons. The average molecular weight is 404 g/mol. The smallest absolute Gasteiger partial charge is 0.293 e. The van der Waals surface area contributed by atoms with Crippen LogP contribution in [0.15, 0.2) is 28.3 Å². The van der Waals surface area contributed by atoms with Crippen LogP contribution in [0.3, 0.4) is 0 Å². The SMILES string of the molecule is CSC(N)=NC1CCN(c2ccc(C3=NNC(=O)CC3C)cc2[N+](=O)[O-])CC1. The fraction of sp³-hybridized carbons (Fsp3) is 0.500. The molecule has 0 bridgehead atoms. The molecule has 0 aromatic heterocycles. The van der Waals surface area contributed by atoms with E-state index in [-0.39, 0.29) is 28.5 Å². The van der Waals surface area contributed by atoms with E-state index in [9.17, 15) is 14.9 Å². The van der Waals surface area contributed by atoms with Crippen LogP contribution < -0.4 is 16.1 Å². The van der Waals surface area contributed by atoms with Crippen molar-refractivity contribution in [3.8, 4) is 0 Å². The van der Waals surface area contributed by atoms with Gasteiger partial charge in [0.15, 0.2) is 5.17 Å². The maximum absolute atomic E-state index is 11.7. The number of piperidine rings is 1. The van der Waals surface area contributed by atoms with Crippen molar-refractivity contribution in [3.63, 3.8) is 0 Å². The standard InChI is InChI=1S/C18H24N6O3S/c1-11-9-16(25)21-22-17(11)12-3-4-14(15(10-12)24(26)27)23-7-5-13(6-8-23)20-18(19)28-2/h3-4,10-11,13H,5-9H2,1-2H3,(H2,19,20)(H,21,25). The van der Waals surface area contributed by atoms with Gasteiger partial charge in [0.1, 0.15) is 5.69 Å². The summed E-state index contributed by atoms with van der Waals surface area (Å²) in [6.45, 7) is 3.26. The molecule has 1 atom stereocenters. The van der Waals surface area contributed by atoms with Crippen LogP contribution >= 0.6 is 11.8 Å². The lowest BCUT2D eigenvalue weighted by atomic mass is 9.93. The molecule has 10 heteroatoms. The number of nitro benzene ring substituents is 1. The van der Waals surface area contributed by atoms with E-state index in [4.69, 9.17) is 5.73 Å². The normalized spacial score (nSPS) is 21.3. The molecule has 0 spiro atoms. The minimum atomic E-state index is -0.360. The van der Waals surface area contributed by atoms with E-state index in [2.05, 4.69) is 15.5 Å². The molecular weight excluding hydrogens is 380 g/mol. The second-order valence-corrected chi connectivity index (χ2v) is 7.81. The summed E-state index contributed by atoms with van der Waals surface area (Å²) in [4.78, 5) is 29.3. The van der Waals surface area contributed by atoms with Crippen LogP contribution in [0.1, 0.15) is 31.7 Å². The molecule has 3 N–H and O–H groups in total. The minimum absolute atomic E-state index is 0.0508. The lowest BCUT2D eigenvalue weighted by Crippen LogP contribution is -2.36. The Morgan fingerprint density at radius 3 is 2.75 bits per heavy atom. The van der Waals surface area contributed by atoms with Crippen molar-refractivity contribution in [3.05, 3.63) is 33.9 Å². The molecule has 0 saturated carbocycles. The Morgan fingerprint density at radius 2 is 2.14 bits per heavy atom. The highest BCUT2D eigenvalue weighted by atomic mass is 32.2. The molecule has 1 saturated heterocycles. The van der Waals surface area contributed by atoms with Crippen molar-refractivity contribution in [2.24, 2.45) is 21.7 Å². The van der Waals surface area contributed by atoms with Gasteiger partial charge in [0.05, 0.1) is 16.7 Å². The van der Waals surface area contributed by atoms with Crippen LogP contribution in [0.4, 0.5) is 11.4 Å². The van der Waals surface area contributed by atoms with Gasteiger partial charge in [-0.2, -0.15) is 5.10 Å². The van der Waals surface area contributed by atoms with Crippen molar-refractivity contribution in [2.45, 2.75) is 32.2 Å². The summed E-state index contributed by atoms with van der Waals surface area (Å²) in [7, 11) is 0. The molecule has 1 unspecified atom stereocenters. The average Bonchev–Trinajstić information content (AvgIpc) is 2.68. The molecule has 1 fully saturated rings. The number of rotatable bonds is 4. The summed E-state index contributed by atoms with van der Waals surface area (Å²) in [6.07, 6.45) is 3.81. The van der Waals surface area contributed by atoms with Crippen LogP contribution in [-0.4, -0.2) is 47.1 Å². The predicted molar refractivity (Wildman–Crippen MR) is 112 cm³/mol. The first-order valence-corrected chi connectivity index (χ1v) is 10.4. The van der Waals surface area contributed by atoms with Crippen LogP contribution in [0.25, 0.3) is 0 Å².